The summed E-state index contributed by atoms with van der Waals surface area (Å²) >= 11 is 0. The zero-order valence-corrected chi connectivity index (χ0v) is 38.6. The van der Waals surface area contributed by atoms with Crippen LogP contribution in [0.15, 0.2) is 12.2 Å². The third-order valence-corrected chi connectivity index (χ3v) is 12.1. The van der Waals surface area contributed by atoms with Crippen molar-refractivity contribution >= 4 is 5.97 Å². The zero-order chi connectivity index (χ0) is 39.8. The molecule has 0 rings (SSSR count). The van der Waals surface area contributed by atoms with Crippen LogP contribution in [0.5, 0.6) is 0 Å². The van der Waals surface area contributed by atoms with Gasteiger partial charge in [0.15, 0.2) is 0 Å². The van der Waals surface area contributed by atoms with Crippen molar-refractivity contribution in [3.05, 3.63) is 12.2 Å². The van der Waals surface area contributed by atoms with Crippen molar-refractivity contribution in [2.24, 2.45) is 5.92 Å². The highest BCUT2D eigenvalue weighted by atomic mass is 16.5. The van der Waals surface area contributed by atoms with Gasteiger partial charge in [0.2, 0.25) is 0 Å². The lowest BCUT2D eigenvalue weighted by Crippen LogP contribution is -2.05. The highest BCUT2D eigenvalue weighted by Gasteiger charge is 2.03. The van der Waals surface area contributed by atoms with Gasteiger partial charge in [-0.2, -0.15) is 0 Å². The number of carbonyl (C=O) groups excluding carboxylic acids is 1. The van der Waals surface area contributed by atoms with Crippen LogP contribution >= 0.6 is 0 Å². The Balaban J connectivity index is 3.16. The average molecular weight is 773 g/mol. The summed E-state index contributed by atoms with van der Waals surface area (Å²) in [5.74, 6) is 0.914. The summed E-state index contributed by atoms with van der Waals surface area (Å²) in [5, 5.41) is 0. The zero-order valence-electron chi connectivity index (χ0n) is 38.6. The molecule has 0 saturated carbocycles. The molecule has 0 fully saturated rings. The molecule has 0 aliphatic rings. The van der Waals surface area contributed by atoms with Crippen molar-refractivity contribution in [1.29, 1.82) is 0 Å². The normalized spacial score (nSPS) is 11.8. The van der Waals surface area contributed by atoms with E-state index in [1.54, 1.807) is 0 Å². The van der Waals surface area contributed by atoms with Crippen LogP contribution in [0.3, 0.4) is 0 Å². The van der Waals surface area contributed by atoms with Crippen LogP contribution in [0, 0.1) is 5.92 Å². The standard InChI is InChI=1S/C53H104O2/c1-4-5-6-7-8-9-10-11-12-25-29-32-35-38-41-44-47-50-53(54)55-51-48-45-42-39-36-33-30-27-24-22-20-18-16-14-13-15-17-19-21-23-26-28-31-34-37-40-43-46-49-52(2)3/h11-12,52H,4-10,13-51H2,1-3H3. The fourth-order valence-corrected chi connectivity index (χ4v) is 8.20. The number of unbranched alkanes of at least 4 members (excludes halogenated alkanes) is 40. The van der Waals surface area contributed by atoms with Crippen LogP contribution in [0.4, 0.5) is 0 Å². The summed E-state index contributed by atoms with van der Waals surface area (Å²) < 4.78 is 5.49. The van der Waals surface area contributed by atoms with E-state index in [0.29, 0.717) is 13.0 Å². The first-order valence-corrected chi connectivity index (χ1v) is 26.0. The van der Waals surface area contributed by atoms with Gasteiger partial charge < -0.3 is 4.74 Å². The Morgan fingerprint density at radius 1 is 0.364 bits per heavy atom. The van der Waals surface area contributed by atoms with Gasteiger partial charge in [0.1, 0.15) is 0 Å². The first-order valence-electron chi connectivity index (χ1n) is 26.0. The third kappa shape index (κ3) is 51.2. The molecule has 0 spiro atoms. The predicted octanol–water partition coefficient (Wildman–Crippen LogP) is 19.3. The van der Waals surface area contributed by atoms with Crippen LogP contribution < -0.4 is 0 Å². The second kappa shape index (κ2) is 49.4. The lowest BCUT2D eigenvalue weighted by Gasteiger charge is -2.06. The minimum absolute atomic E-state index is 0.0259. The highest BCUT2D eigenvalue weighted by molar-refractivity contribution is 5.69. The topological polar surface area (TPSA) is 26.3 Å². The van der Waals surface area contributed by atoms with Gasteiger partial charge in [0.05, 0.1) is 6.61 Å². The Hall–Kier alpha value is -0.790. The average Bonchev–Trinajstić information content (AvgIpc) is 3.18. The number of allylic oxidation sites excluding steroid dienone is 2. The van der Waals surface area contributed by atoms with Crippen molar-refractivity contribution < 1.29 is 9.53 Å². The molecule has 0 N–H and O–H groups in total. The van der Waals surface area contributed by atoms with Crippen LogP contribution in [-0.4, -0.2) is 12.6 Å². The Labute approximate surface area is 348 Å². The van der Waals surface area contributed by atoms with Gasteiger partial charge in [-0.15, -0.1) is 0 Å². The second-order valence-electron chi connectivity index (χ2n) is 18.3. The number of esters is 1. The van der Waals surface area contributed by atoms with Gasteiger partial charge in [-0.05, 0) is 44.4 Å². The minimum Gasteiger partial charge on any atom is -0.466 e. The smallest absolute Gasteiger partial charge is 0.305 e. The van der Waals surface area contributed by atoms with Crippen molar-refractivity contribution in [2.75, 3.05) is 6.61 Å². The van der Waals surface area contributed by atoms with E-state index in [-0.39, 0.29) is 5.97 Å². The lowest BCUT2D eigenvalue weighted by atomic mass is 10.0. The molecule has 0 unspecified atom stereocenters. The quantitative estimate of drug-likeness (QED) is 0.0350. The number of carbonyl (C=O) groups is 1. The van der Waals surface area contributed by atoms with E-state index in [0.717, 1.165) is 18.8 Å². The predicted molar refractivity (Wildman–Crippen MR) is 248 cm³/mol. The molecule has 0 aromatic heterocycles. The van der Waals surface area contributed by atoms with E-state index in [9.17, 15) is 4.79 Å². The fourth-order valence-electron chi connectivity index (χ4n) is 8.20. The second-order valence-corrected chi connectivity index (χ2v) is 18.3. The largest absolute Gasteiger partial charge is 0.466 e. The molecule has 0 aromatic carbocycles. The number of hydrogen-bond acceptors (Lipinski definition) is 2. The molecular weight excluding hydrogens is 669 g/mol. The van der Waals surface area contributed by atoms with E-state index in [1.165, 1.54) is 270 Å². The van der Waals surface area contributed by atoms with Crippen molar-refractivity contribution in [3.8, 4) is 0 Å². The third-order valence-electron chi connectivity index (χ3n) is 12.1. The SMILES string of the molecule is CCCCCCCCC=CCCCCCCCCCC(=O)OCCCCCCCCCCCCCCCCCCCCCCCCCCCCCCC(C)C. The van der Waals surface area contributed by atoms with Gasteiger partial charge in [0.25, 0.3) is 0 Å². The van der Waals surface area contributed by atoms with Gasteiger partial charge >= 0.3 is 5.97 Å². The van der Waals surface area contributed by atoms with E-state index in [4.69, 9.17) is 4.74 Å². The molecular formula is C53H104O2. The summed E-state index contributed by atoms with van der Waals surface area (Å²) in [6, 6.07) is 0. The Bertz CT molecular complexity index is 726. The number of hydrogen-bond donors (Lipinski definition) is 0. The summed E-state index contributed by atoms with van der Waals surface area (Å²) in [5.41, 5.74) is 0. The number of rotatable bonds is 48. The van der Waals surface area contributed by atoms with Gasteiger partial charge in [0, 0.05) is 6.42 Å². The molecule has 328 valence electrons. The van der Waals surface area contributed by atoms with Crippen LogP contribution in [0.25, 0.3) is 0 Å². The maximum absolute atomic E-state index is 12.0. The first kappa shape index (κ1) is 54.2. The number of ether oxygens (including phenoxy) is 1. The van der Waals surface area contributed by atoms with Crippen molar-refractivity contribution in [2.45, 2.75) is 310 Å². The highest BCUT2D eigenvalue weighted by Crippen LogP contribution is 2.18. The minimum atomic E-state index is 0.0259. The molecule has 0 saturated heterocycles. The van der Waals surface area contributed by atoms with E-state index in [1.807, 2.05) is 0 Å². The molecule has 0 aliphatic heterocycles. The first-order chi connectivity index (χ1) is 27.2. The molecule has 0 amide bonds. The van der Waals surface area contributed by atoms with E-state index in [2.05, 4.69) is 32.9 Å². The Morgan fingerprint density at radius 2 is 0.636 bits per heavy atom. The maximum atomic E-state index is 12.0. The van der Waals surface area contributed by atoms with Gasteiger partial charge in [-0.25, -0.2) is 0 Å². The molecule has 0 aromatic rings. The van der Waals surface area contributed by atoms with Crippen molar-refractivity contribution in [3.63, 3.8) is 0 Å². The van der Waals surface area contributed by atoms with Gasteiger partial charge in [-0.1, -0.05) is 277 Å². The summed E-state index contributed by atoms with van der Waals surface area (Å²) in [4.78, 5) is 12.0. The van der Waals surface area contributed by atoms with Crippen molar-refractivity contribution in [1.82, 2.24) is 0 Å². The Kier molecular flexibility index (Phi) is 48.6. The fraction of sp³-hybridized carbons (Fsp3) is 0.943. The summed E-state index contributed by atoms with van der Waals surface area (Å²) in [6.45, 7) is 7.61. The molecule has 0 radical (unpaired) electrons. The van der Waals surface area contributed by atoms with E-state index >= 15 is 0 Å². The molecule has 2 heteroatoms. The summed E-state index contributed by atoms with van der Waals surface area (Å²) in [6.07, 6.45) is 66.4. The van der Waals surface area contributed by atoms with E-state index < -0.39 is 0 Å². The lowest BCUT2D eigenvalue weighted by molar-refractivity contribution is -0.143. The van der Waals surface area contributed by atoms with Crippen LogP contribution in [0.1, 0.15) is 310 Å². The monoisotopic (exact) mass is 773 g/mol. The molecule has 0 atom stereocenters. The van der Waals surface area contributed by atoms with Gasteiger partial charge in [-0.3, -0.25) is 4.79 Å². The molecule has 55 heavy (non-hydrogen) atoms. The van der Waals surface area contributed by atoms with Crippen LogP contribution in [0.2, 0.25) is 0 Å². The Morgan fingerprint density at radius 3 is 0.964 bits per heavy atom. The summed E-state index contributed by atoms with van der Waals surface area (Å²) in [7, 11) is 0. The molecule has 0 aliphatic carbocycles. The maximum Gasteiger partial charge on any atom is 0.305 e. The molecule has 2 nitrogen and oxygen atoms in total. The molecule has 0 bridgehead atoms. The molecule has 0 heterocycles. The van der Waals surface area contributed by atoms with Crippen LogP contribution in [-0.2, 0) is 9.53 Å².